The quantitative estimate of drug-likeness (QED) is 0.434. The van der Waals surface area contributed by atoms with Crippen molar-refractivity contribution >= 4 is 5.96 Å². The molecule has 0 aliphatic carbocycles. The predicted molar refractivity (Wildman–Crippen MR) is 114 cm³/mol. The number of hydrogen-bond acceptors (Lipinski definition) is 4. The predicted octanol–water partition coefficient (Wildman–Crippen LogP) is 3.94. The number of methoxy groups -OCH3 is 2. The zero-order valence-electron chi connectivity index (χ0n) is 17.9. The van der Waals surface area contributed by atoms with Crippen LogP contribution in [-0.2, 0) is 13.0 Å². The molecule has 6 nitrogen and oxygen atoms in total. The molecule has 0 aromatic heterocycles. The number of alkyl halides is 3. The highest BCUT2D eigenvalue weighted by Crippen LogP contribution is 2.27. The van der Waals surface area contributed by atoms with E-state index in [4.69, 9.17) is 14.2 Å². The first kappa shape index (κ1) is 24.2. The molecular formula is C22H28F3N3O3. The molecule has 0 saturated carbocycles. The van der Waals surface area contributed by atoms with Gasteiger partial charge < -0.3 is 24.8 Å². The van der Waals surface area contributed by atoms with Crippen molar-refractivity contribution in [3.63, 3.8) is 0 Å². The number of rotatable bonds is 10. The summed E-state index contributed by atoms with van der Waals surface area (Å²) >= 11 is 0. The molecule has 0 spiro atoms. The lowest BCUT2D eigenvalue weighted by atomic mass is 10.1. The van der Waals surface area contributed by atoms with Crippen LogP contribution in [0, 0.1) is 0 Å². The second-order valence-corrected chi connectivity index (χ2v) is 6.57. The van der Waals surface area contributed by atoms with Crippen molar-refractivity contribution in [2.45, 2.75) is 26.1 Å². The topological polar surface area (TPSA) is 64.1 Å². The van der Waals surface area contributed by atoms with Gasteiger partial charge in [0.15, 0.2) is 24.1 Å². The molecule has 2 aromatic carbocycles. The summed E-state index contributed by atoms with van der Waals surface area (Å²) in [5.41, 5.74) is 1.63. The van der Waals surface area contributed by atoms with Gasteiger partial charge in [0.2, 0.25) is 0 Å². The van der Waals surface area contributed by atoms with E-state index < -0.39 is 12.8 Å². The molecule has 2 aromatic rings. The van der Waals surface area contributed by atoms with E-state index in [-0.39, 0.29) is 12.3 Å². The number of halogens is 3. The molecule has 0 aliphatic heterocycles. The maximum atomic E-state index is 12.5. The van der Waals surface area contributed by atoms with E-state index in [1.54, 1.807) is 32.4 Å². The van der Waals surface area contributed by atoms with E-state index in [1.165, 1.54) is 6.07 Å². The van der Waals surface area contributed by atoms with Gasteiger partial charge in [-0.3, -0.25) is 0 Å². The van der Waals surface area contributed by atoms with Crippen molar-refractivity contribution in [2.24, 2.45) is 4.99 Å². The minimum atomic E-state index is -4.39. The number of para-hydroxylation sites is 1. The lowest BCUT2D eigenvalue weighted by Gasteiger charge is -2.14. The number of hydrogen-bond donors (Lipinski definition) is 2. The molecule has 0 radical (unpaired) electrons. The summed E-state index contributed by atoms with van der Waals surface area (Å²) in [5, 5.41) is 6.36. The highest BCUT2D eigenvalue weighted by atomic mass is 19.4. The third-order valence-electron chi connectivity index (χ3n) is 4.27. The molecule has 0 aliphatic rings. The summed E-state index contributed by atoms with van der Waals surface area (Å²) in [6, 6.07) is 12.3. The van der Waals surface area contributed by atoms with Crippen LogP contribution in [0.2, 0.25) is 0 Å². The lowest BCUT2D eigenvalue weighted by molar-refractivity contribution is -0.153. The monoisotopic (exact) mass is 439 g/mol. The standard InChI is InChI=1S/C22H28F3N3O3/c1-4-26-21(27-12-11-16-9-10-19(29-2)20(13-16)30-3)28-14-17-7-5-6-8-18(17)31-15-22(23,24)25/h5-10,13H,4,11-12,14-15H2,1-3H3,(H2,26,27,28). The second kappa shape index (κ2) is 11.9. The van der Waals surface area contributed by atoms with Crippen molar-refractivity contribution in [2.75, 3.05) is 33.9 Å². The Morgan fingerprint density at radius 2 is 1.71 bits per heavy atom. The fourth-order valence-electron chi connectivity index (χ4n) is 2.80. The average molecular weight is 439 g/mol. The number of nitrogens with one attached hydrogen (secondary N) is 2. The molecule has 0 bridgehead atoms. The second-order valence-electron chi connectivity index (χ2n) is 6.57. The lowest BCUT2D eigenvalue weighted by Crippen LogP contribution is -2.38. The Labute approximate surface area is 180 Å². The van der Waals surface area contributed by atoms with Gasteiger partial charge in [-0.1, -0.05) is 24.3 Å². The largest absolute Gasteiger partial charge is 0.493 e. The van der Waals surface area contributed by atoms with Gasteiger partial charge in [-0.05, 0) is 37.1 Å². The molecule has 170 valence electrons. The van der Waals surface area contributed by atoms with E-state index in [1.807, 2.05) is 25.1 Å². The Hall–Kier alpha value is -3.10. The molecule has 9 heteroatoms. The third kappa shape index (κ3) is 8.27. The van der Waals surface area contributed by atoms with E-state index in [2.05, 4.69) is 15.6 Å². The Morgan fingerprint density at radius 3 is 2.39 bits per heavy atom. The molecule has 2 N–H and O–H groups in total. The van der Waals surface area contributed by atoms with Gasteiger partial charge in [0.25, 0.3) is 0 Å². The normalized spacial score (nSPS) is 11.7. The van der Waals surface area contributed by atoms with Crippen LogP contribution in [0.25, 0.3) is 0 Å². The van der Waals surface area contributed by atoms with Crippen LogP contribution in [0.4, 0.5) is 13.2 Å². The van der Waals surface area contributed by atoms with Crippen molar-refractivity contribution in [3.8, 4) is 17.2 Å². The Kier molecular flexibility index (Phi) is 9.30. The first-order chi connectivity index (χ1) is 14.9. The number of ether oxygens (including phenoxy) is 3. The van der Waals surface area contributed by atoms with Crippen LogP contribution >= 0.6 is 0 Å². The minimum absolute atomic E-state index is 0.171. The number of benzene rings is 2. The maximum absolute atomic E-state index is 12.5. The van der Waals surface area contributed by atoms with Gasteiger partial charge in [0, 0.05) is 18.7 Å². The molecule has 0 fully saturated rings. The minimum Gasteiger partial charge on any atom is -0.493 e. The molecule has 0 heterocycles. The van der Waals surface area contributed by atoms with Crippen molar-refractivity contribution < 1.29 is 27.4 Å². The van der Waals surface area contributed by atoms with Gasteiger partial charge in [0.05, 0.1) is 20.8 Å². The number of guanidine groups is 1. The first-order valence-corrected chi connectivity index (χ1v) is 9.86. The van der Waals surface area contributed by atoms with Gasteiger partial charge in [-0.25, -0.2) is 4.99 Å². The van der Waals surface area contributed by atoms with Crippen molar-refractivity contribution in [1.29, 1.82) is 0 Å². The van der Waals surface area contributed by atoms with Crippen LogP contribution in [0.15, 0.2) is 47.5 Å². The van der Waals surface area contributed by atoms with Gasteiger partial charge in [0.1, 0.15) is 5.75 Å². The summed E-state index contributed by atoms with van der Waals surface area (Å²) in [7, 11) is 3.18. The van der Waals surface area contributed by atoms with Crippen LogP contribution < -0.4 is 24.8 Å². The highest BCUT2D eigenvalue weighted by molar-refractivity contribution is 5.79. The number of nitrogens with zero attached hydrogens (tertiary/aromatic N) is 1. The van der Waals surface area contributed by atoms with E-state index in [0.717, 1.165) is 12.0 Å². The maximum Gasteiger partial charge on any atom is 0.422 e. The zero-order chi connectivity index (χ0) is 22.7. The highest BCUT2D eigenvalue weighted by Gasteiger charge is 2.28. The summed E-state index contributed by atoms with van der Waals surface area (Å²) in [5.74, 6) is 2.06. The Balaban J connectivity index is 1.98. The molecule has 0 amide bonds. The molecule has 0 atom stereocenters. The summed E-state index contributed by atoms with van der Waals surface area (Å²) < 4.78 is 52.9. The van der Waals surface area contributed by atoms with E-state index in [9.17, 15) is 13.2 Å². The zero-order valence-corrected chi connectivity index (χ0v) is 17.9. The van der Waals surface area contributed by atoms with E-state index in [0.29, 0.717) is 36.1 Å². The van der Waals surface area contributed by atoms with Crippen LogP contribution in [0.1, 0.15) is 18.1 Å². The van der Waals surface area contributed by atoms with E-state index >= 15 is 0 Å². The Bertz CT molecular complexity index is 857. The first-order valence-electron chi connectivity index (χ1n) is 9.86. The fraction of sp³-hybridized carbons (Fsp3) is 0.409. The SMILES string of the molecule is CCNC(=NCc1ccccc1OCC(F)(F)F)NCCc1ccc(OC)c(OC)c1. The average Bonchev–Trinajstić information content (AvgIpc) is 2.75. The molecule has 0 saturated heterocycles. The van der Waals surface area contributed by atoms with Crippen LogP contribution in [-0.4, -0.2) is 46.1 Å². The fourth-order valence-corrected chi connectivity index (χ4v) is 2.80. The molecule has 31 heavy (non-hydrogen) atoms. The summed E-state index contributed by atoms with van der Waals surface area (Å²) in [6.07, 6.45) is -3.67. The van der Waals surface area contributed by atoms with Crippen molar-refractivity contribution in [3.05, 3.63) is 53.6 Å². The van der Waals surface area contributed by atoms with Crippen LogP contribution in [0.5, 0.6) is 17.2 Å². The van der Waals surface area contributed by atoms with Crippen molar-refractivity contribution in [1.82, 2.24) is 10.6 Å². The van der Waals surface area contributed by atoms with Crippen LogP contribution in [0.3, 0.4) is 0 Å². The van der Waals surface area contributed by atoms with Gasteiger partial charge in [-0.2, -0.15) is 13.2 Å². The van der Waals surface area contributed by atoms with Gasteiger partial charge in [-0.15, -0.1) is 0 Å². The summed E-state index contributed by atoms with van der Waals surface area (Å²) in [4.78, 5) is 4.47. The Morgan fingerprint density at radius 1 is 0.968 bits per heavy atom. The molecule has 2 rings (SSSR count). The third-order valence-corrected chi connectivity index (χ3v) is 4.27. The number of aliphatic imine (C=N–C) groups is 1. The van der Waals surface area contributed by atoms with Gasteiger partial charge >= 0.3 is 6.18 Å². The smallest absolute Gasteiger partial charge is 0.422 e. The summed E-state index contributed by atoms with van der Waals surface area (Å²) in [6.45, 7) is 2.03. The molecular weight excluding hydrogens is 411 g/mol. The molecule has 0 unspecified atom stereocenters.